The van der Waals surface area contributed by atoms with Crippen LogP contribution in [0.3, 0.4) is 0 Å². The van der Waals surface area contributed by atoms with Crippen molar-refractivity contribution in [1.82, 2.24) is 9.80 Å². The van der Waals surface area contributed by atoms with Gasteiger partial charge in [-0.25, -0.2) is 4.79 Å². The summed E-state index contributed by atoms with van der Waals surface area (Å²) in [6.07, 6.45) is 0. The van der Waals surface area contributed by atoms with E-state index in [9.17, 15) is 4.79 Å². The molecule has 96 valence electrons. The van der Waals surface area contributed by atoms with E-state index in [4.69, 9.17) is 9.47 Å². The predicted molar refractivity (Wildman–Crippen MR) is 63.6 cm³/mol. The predicted octanol–water partition coefficient (Wildman–Crippen LogP) is 1.04. The Morgan fingerprint density at radius 2 is 1.38 bits per heavy atom. The highest BCUT2D eigenvalue weighted by molar-refractivity contribution is 5.74. The van der Waals surface area contributed by atoms with Crippen molar-refractivity contribution < 1.29 is 14.3 Å². The van der Waals surface area contributed by atoms with E-state index in [1.54, 1.807) is 24.0 Å². The first-order valence-electron chi connectivity index (χ1n) is 5.72. The van der Waals surface area contributed by atoms with Gasteiger partial charge in [0.2, 0.25) is 0 Å². The van der Waals surface area contributed by atoms with E-state index in [-0.39, 0.29) is 6.03 Å². The molecule has 0 aliphatic carbocycles. The van der Waals surface area contributed by atoms with E-state index >= 15 is 0 Å². The average molecular weight is 232 g/mol. The quantitative estimate of drug-likeness (QED) is 0.628. The first kappa shape index (κ1) is 15.2. The zero-order chi connectivity index (χ0) is 12.4. The zero-order valence-corrected chi connectivity index (χ0v) is 10.9. The van der Waals surface area contributed by atoms with Crippen LogP contribution in [-0.4, -0.2) is 69.4 Å². The van der Waals surface area contributed by atoms with Gasteiger partial charge in [-0.15, -0.1) is 0 Å². The Labute approximate surface area is 98.3 Å². The number of ether oxygens (including phenoxy) is 2. The molecule has 0 saturated heterocycles. The molecular weight excluding hydrogens is 208 g/mol. The van der Waals surface area contributed by atoms with Gasteiger partial charge in [0, 0.05) is 40.4 Å². The molecule has 16 heavy (non-hydrogen) atoms. The summed E-state index contributed by atoms with van der Waals surface area (Å²) in [4.78, 5) is 15.6. The second-order valence-electron chi connectivity index (χ2n) is 3.43. The summed E-state index contributed by atoms with van der Waals surface area (Å²) in [5, 5.41) is 0. The van der Waals surface area contributed by atoms with Crippen LogP contribution < -0.4 is 0 Å². The van der Waals surface area contributed by atoms with Gasteiger partial charge in [0.1, 0.15) is 0 Å². The summed E-state index contributed by atoms with van der Waals surface area (Å²) < 4.78 is 9.99. The number of carbonyl (C=O) groups excluding carboxylic acids is 1. The van der Waals surface area contributed by atoms with Crippen LogP contribution in [0.15, 0.2) is 0 Å². The fourth-order valence-corrected chi connectivity index (χ4v) is 1.40. The molecule has 0 heterocycles. The molecule has 5 nitrogen and oxygen atoms in total. The number of nitrogens with zero attached hydrogens (tertiary/aromatic N) is 2. The number of urea groups is 1. The maximum absolute atomic E-state index is 12.1. The molecule has 0 aromatic heterocycles. The topological polar surface area (TPSA) is 42.0 Å². The van der Waals surface area contributed by atoms with E-state index in [0.717, 1.165) is 13.1 Å². The lowest BCUT2D eigenvalue weighted by Crippen LogP contribution is -2.45. The van der Waals surface area contributed by atoms with E-state index in [2.05, 4.69) is 0 Å². The first-order chi connectivity index (χ1) is 7.71. The first-order valence-corrected chi connectivity index (χ1v) is 5.72. The lowest BCUT2D eigenvalue weighted by Gasteiger charge is -2.28. The van der Waals surface area contributed by atoms with Gasteiger partial charge < -0.3 is 19.3 Å². The van der Waals surface area contributed by atoms with Crippen molar-refractivity contribution in [2.75, 3.05) is 53.6 Å². The van der Waals surface area contributed by atoms with Gasteiger partial charge in [0.05, 0.1) is 13.2 Å². The highest BCUT2D eigenvalue weighted by Gasteiger charge is 2.17. The third-order valence-electron chi connectivity index (χ3n) is 2.44. The summed E-state index contributed by atoms with van der Waals surface area (Å²) in [6, 6.07) is 0.0547. The summed E-state index contributed by atoms with van der Waals surface area (Å²) in [5.41, 5.74) is 0. The number of carbonyl (C=O) groups is 1. The molecule has 0 aromatic carbocycles. The molecular formula is C11H24N2O3. The molecule has 0 atom stereocenters. The molecule has 0 N–H and O–H groups in total. The van der Waals surface area contributed by atoms with Gasteiger partial charge in [-0.05, 0) is 13.8 Å². The summed E-state index contributed by atoms with van der Waals surface area (Å²) >= 11 is 0. The standard InChI is InChI=1S/C11H24N2O3/c1-5-12(6-2)11(14)13(7-9-15-3)8-10-16-4/h5-10H2,1-4H3. The number of hydrogen-bond donors (Lipinski definition) is 0. The second kappa shape index (κ2) is 9.42. The summed E-state index contributed by atoms with van der Waals surface area (Å²) in [6.45, 7) is 7.73. The lowest BCUT2D eigenvalue weighted by molar-refractivity contribution is 0.105. The van der Waals surface area contributed by atoms with Crippen LogP contribution in [0, 0.1) is 0 Å². The molecule has 0 aliphatic rings. The van der Waals surface area contributed by atoms with Crippen LogP contribution in [0.1, 0.15) is 13.8 Å². The van der Waals surface area contributed by atoms with Crippen LogP contribution in [-0.2, 0) is 9.47 Å². The van der Waals surface area contributed by atoms with Crippen molar-refractivity contribution in [3.05, 3.63) is 0 Å². The lowest BCUT2D eigenvalue weighted by atomic mass is 10.4. The zero-order valence-electron chi connectivity index (χ0n) is 10.9. The van der Waals surface area contributed by atoms with Gasteiger partial charge in [-0.2, -0.15) is 0 Å². The van der Waals surface area contributed by atoms with Crippen molar-refractivity contribution in [1.29, 1.82) is 0 Å². The Hall–Kier alpha value is -0.810. The van der Waals surface area contributed by atoms with E-state index in [0.29, 0.717) is 26.3 Å². The minimum Gasteiger partial charge on any atom is -0.383 e. The summed E-state index contributed by atoms with van der Waals surface area (Å²) in [5.74, 6) is 0. The third kappa shape index (κ3) is 5.32. The fraction of sp³-hybridized carbons (Fsp3) is 0.909. The van der Waals surface area contributed by atoms with Gasteiger partial charge in [0.25, 0.3) is 0 Å². The molecule has 0 bridgehead atoms. The van der Waals surface area contributed by atoms with Crippen molar-refractivity contribution in [3.63, 3.8) is 0 Å². The number of hydrogen-bond acceptors (Lipinski definition) is 3. The average Bonchev–Trinajstić information content (AvgIpc) is 2.30. The SMILES string of the molecule is CCN(CC)C(=O)N(CCOC)CCOC. The smallest absolute Gasteiger partial charge is 0.320 e. The molecule has 0 unspecified atom stereocenters. The molecule has 2 amide bonds. The number of rotatable bonds is 8. The highest BCUT2D eigenvalue weighted by Crippen LogP contribution is 1.99. The maximum Gasteiger partial charge on any atom is 0.320 e. The van der Waals surface area contributed by atoms with Crippen molar-refractivity contribution in [3.8, 4) is 0 Å². The molecule has 0 spiro atoms. The Balaban J connectivity index is 4.28. The number of methoxy groups -OCH3 is 2. The van der Waals surface area contributed by atoms with E-state index in [1.165, 1.54) is 0 Å². The molecule has 0 fully saturated rings. The number of amides is 2. The Bertz CT molecular complexity index is 176. The molecule has 0 aromatic rings. The van der Waals surface area contributed by atoms with E-state index < -0.39 is 0 Å². The van der Waals surface area contributed by atoms with E-state index in [1.807, 2.05) is 13.8 Å². The van der Waals surface area contributed by atoms with Crippen molar-refractivity contribution in [2.24, 2.45) is 0 Å². The van der Waals surface area contributed by atoms with Crippen LogP contribution in [0.25, 0.3) is 0 Å². The van der Waals surface area contributed by atoms with Gasteiger partial charge in [-0.3, -0.25) is 0 Å². The van der Waals surface area contributed by atoms with Gasteiger partial charge >= 0.3 is 6.03 Å². The maximum atomic E-state index is 12.1. The largest absolute Gasteiger partial charge is 0.383 e. The van der Waals surface area contributed by atoms with Crippen LogP contribution in [0.4, 0.5) is 4.79 Å². The Kier molecular flexibility index (Phi) is 8.94. The fourth-order valence-electron chi connectivity index (χ4n) is 1.40. The highest BCUT2D eigenvalue weighted by atomic mass is 16.5. The van der Waals surface area contributed by atoms with Crippen molar-refractivity contribution >= 4 is 6.03 Å². The molecule has 0 radical (unpaired) electrons. The second-order valence-corrected chi connectivity index (χ2v) is 3.43. The minimum absolute atomic E-state index is 0.0547. The van der Waals surface area contributed by atoms with Gasteiger partial charge in [-0.1, -0.05) is 0 Å². The Morgan fingerprint density at radius 1 is 0.938 bits per heavy atom. The molecule has 5 heteroatoms. The summed E-state index contributed by atoms with van der Waals surface area (Å²) in [7, 11) is 3.27. The monoisotopic (exact) mass is 232 g/mol. The molecule has 0 rings (SSSR count). The molecule has 0 aliphatic heterocycles. The minimum atomic E-state index is 0.0547. The van der Waals surface area contributed by atoms with Gasteiger partial charge in [0.15, 0.2) is 0 Å². The van der Waals surface area contributed by atoms with Crippen LogP contribution in [0.2, 0.25) is 0 Å². The Morgan fingerprint density at radius 3 is 1.69 bits per heavy atom. The van der Waals surface area contributed by atoms with Crippen LogP contribution in [0.5, 0.6) is 0 Å². The molecule has 0 saturated carbocycles. The van der Waals surface area contributed by atoms with Crippen molar-refractivity contribution in [2.45, 2.75) is 13.8 Å². The third-order valence-corrected chi connectivity index (χ3v) is 2.44. The van der Waals surface area contributed by atoms with Crippen LogP contribution >= 0.6 is 0 Å². The normalized spacial score (nSPS) is 10.2.